The average Bonchev–Trinajstić information content (AvgIpc) is 2.89. The molecule has 0 fully saturated rings. The highest BCUT2D eigenvalue weighted by Gasteiger charge is 2.07. The van der Waals surface area contributed by atoms with E-state index >= 15 is 0 Å². The Kier molecular flexibility index (Phi) is 3.51. The van der Waals surface area contributed by atoms with Crippen LogP contribution >= 0.6 is 11.8 Å². The lowest BCUT2D eigenvalue weighted by molar-refractivity contribution is 0.102. The molecule has 0 amide bonds. The lowest BCUT2D eigenvalue weighted by atomic mass is 10.2. The predicted molar refractivity (Wildman–Crippen MR) is 64.6 cm³/mol. The van der Waals surface area contributed by atoms with Crippen molar-refractivity contribution < 1.29 is 9.21 Å². The Balaban J connectivity index is 1.80. The van der Waals surface area contributed by atoms with Crippen molar-refractivity contribution in [2.24, 2.45) is 7.05 Å². The maximum atomic E-state index is 11.7. The molecule has 3 nitrogen and oxygen atoms in total. The van der Waals surface area contributed by atoms with Crippen molar-refractivity contribution in [1.82, 2.24) is 4.57 Å². The molecular weight excluding hydrogens is 222 g/mol. The lowest BCUT2D eigenvalue weighted by Crippen LogP contribution is -2.01. The van der Waals surface area contributed by atoms with Crippen LogP contribution in [-0.2, 0) is 12.8 Å². The Bertz CT molecular complexity index is 459. The summed E-state index contributed by atoms with van der Waals surface area (Å²) in [6, 6.07) is 5.62. The van der Waals surface area contributed by atoms with Crippen LogP contribution in [0.2, 0.25) is 0 Å². The van der Waals surface area contributed by atoms with E-state index in [4.69, 9.17) is 4.42 Å². The summed E-state index contributed by atoms with van der Waals surface area (Å²) in [6.45, 7) is 0. The fourth-order valence-electron chi connectivity index (χ4n) is 1.39. The van der Waals surface area contributed by atoms with Crippen molar-refractivity contribution in [2.75, 3.05) is 5.75 Å². The minimum absolute atomic E-state index is 0.164. The van der Waals surface area contributed by atoms with Gasteiger partial charge in [0.05, 0.1) is 17.8 Å². The zero-order valence-electron chi connectivity index (χ0n) is 9.05. The summed E-state index contributed by atoms with van der Waals surface area (Å²) in [5.74, 6) is 2.30. The first-order valence-corrected chi connectivity index (χ1v) is 6.16. The molecule has 0 aliphatic heterocycles. The minimum Gasteiger partial charge on any atom is -0.468 e. The SMILES string of the molecule is Cn1ccc(C(=O)CSCc2ccco2)c1. The smallest absolute Gasteiger partial charge is 0.174 e. The van der Waals surface area contributed by atoms with Gasteiger partial charge < -0.3 is 8.98 Å². The molecular formula is C12H13NO2S. The number of hydrogen-bond donors (Lipinski definition) is 0. The standard InChI is InChI=1S/C12H13NO2S/c1-13-5-4-10(7-13)12(14)9-16-8-11-3-2-6-15-11/h2-7H,8-9H2,1H3. The van der Waals surface area contributed by atoms with Crippen LogP contribution in [0.5, 0.6) is 0 Å². The van der Waals surface area contributed by atoms with Gasteiger partial charge in [-0.2, -0.15) is 0 Å². The third-order valence-electron chi connectivity index (χ3n) is 2.21. The number of nitrogens with zero attached hydrogens (tertiary/aromatic N) is 1. The van der Waals surface area contributed by atoms with Gasteiger partial charge >= 0.3 is 0 Å². The second-order valence-corrected chi connectivity index (χ2v) is 4.55. The third-order valence-corrected chi connectivity index (χ3v) is 3.17. The summed E-state index contributed by atoms with van der Waals surface area (Å²) >= 11 is 1.57. The number of ketones is 1. The summed E-state index contributed by atoms with van der Waals surface area (Å²) in [4.78, 5) is 11.7. The van der Waals surface area contributed by atoms with Crippen molar-refractivity contribution in [3.63, 3.8) is 0 Å². The van der Waals surface area contributed by atoms with E-state index in [0.29, 0.717) is 5.75 Å². The molecule has 0 saturated carbocycles. The summed E-state index contributed by atoms with van der Waals surface area (Å²) < 4.78 is 7.07. The molecule has 2 heterocycles. The number of rotatable bonds is 5. The summed E-state index contributed by atoms with van der Waals surface area (Å²) in [7, 11) is 1.91. The molecule has 0 aromatic carbocycles. The molecule has 0 aliphatic carbocycles. The van der Waals surface area contributed by atoms with Crippen LogP contribution in [0.3, 0.4) is 0 Å². The zero-order chi connectivity index (χ0) is 11.4. The van der Waals surface area contributed by atoms with E-state index in [1.54, 1.807) is 18.0 Å². The zero-order valence-corrected chi connectivity index (χ0v) is 9.87. The Morgan fingerprint density at radius 1 is 1.50 bits per heavy atom. The Morgan fingerprint density at radius 3 is 3.00 bits per heavy atom. The molecule has 0 radical (unpaired) electrons. The molecule has 0 atom stereocenters. The van der Waals surface area contributed by atoms with E-state index < -0.39 is 0 Å². The van der Waals surface area contributed by atoms with Crippen LogP contribution in [0.1, 0.15) is 16.1 Å². The van der Waals surface area contributed by atoms with E-state index in [2.05, 4.69) is 0 Å². The normalized spacial score (nSPS) is 10.6. The number of thioether (sulfide) groups is 1. The van der Waals surface area contributed by atoms with Crippen LogP contribution in [0.4, 0.5) is 0 Å². The lowest BCUT2D eigenvalue weighted by Gasteiger charge is -1.97. The summed E-state index contributed by atoms with van der Waals surface area (Å²) in [5, 5.41) is 0. The van der Waals surface area contributed by atoms with Crippen molar-refractivity contribution in [3.05, 3.63) is 48.2 Å². The fraction of sp³-hybridized carbons (Fsp3) is 0.250. The van der Waals surface area contributed by atoms with Gasteiger partial charge in [-0.15, -0.1) is 11.8 Å². The van der Waals surface area contributed by atoms with Gasteiger partial charge in [-0.25, -0.2) is 0 Å². The monoisotopic (exact) mass is 235 g/mol. The molecule has 0 saturated heterocycles. The van der Waals surface area contributed by atoms with Crippen molar-refractivity contribution in [1.29, 1.82) is 0 Å². The average molecular weight is 235 g/mol. The van der Waals surface area contributed by atoms with E-state index in [0.717, 1.165) is 17.1 Å². The highest BCUT2D eigenvalue weighted by molar-refractivity contribution is 7.99. The summed E-state index contributed by atoms with van der Waals surface area (Å²) in [5.41, 5.74) is 0.773. The number of aryl methyl sites for hydroxylation is 1. The third kappa shape index (κ3) is 2.79. The fourth-order valence-corrected chi connectivity index (χ4v) is 2.21. The largest absolute Gasteiger partial charge is 0.468 e. The Hall–Kier alpha value is -1.42. The minimum atomic E-state index is 0.164. The Morgan fingerprint density at radius 2 is 2.38 bits per heavy atom. The maximum absolute atomic E-state index is 11.7. The molecule has 0 N–H and O–H groups in total. The van der Waals surface area contributed by atoms with Crippen molar-refractivity contribution in [3.8, 4) is 0 Å². The quantitative estimate of drug-likeness (QED) is 0.747. The number of carbonyl (C=O) groups excluding carboxylic acids is 1. The van der Waals surface area contributed by atoms with Gasteiger partial charge in [0.25, 0.3) is 0 Å². The van der Waals surface area contributed by atoms with Gasteiger partial charge in [0.2, 0.25) is 0 Å². The number of furan rings is 1. The Labute approximate surface area is 98.4 Å². The number of carbonyl (C=O) groups is 1. The van der Waals surface area contributed by atoms with Crippen molar-refractivity contribution in [2.45, 2.75) is 5.75 Å². The molecule has 16 heavy (non-hydrogen) atoms. The van der Waals surface area contributed by atoms with E-state index in [-0.39, 0.29) is 5.78 Å². The van der Waals surface area contributed by atoms with Crippen LogP contribution < -0.4 is 0 Å². The molecule has 0 bridgehead atoms. The van der Waals surface area contributed by atoms with Crippen molar-refractivity contribution >= 4 is 17.5 Å². The first-order valence-electron chi connectivity index (χ1n) is 5.01. The van der Waals surface area contributed by atoms with Gasteiger partial charge in [0.15, 0.2) is 5.78 Å². The topological polar surface area (TPSA) is 35.1 Å². The van der Waals surface area contributed by atoms with E-state index in [9.17, 15) is 4.79 Å². The molecule has 0 spiro atoms. The molecule has 84 valence electrons. The second-order valence-electron chi connectivity index (χ2n) is 3.56. The van der Waals surface area contributed by atoms with Crippen LogP contribution in [0.15, 0.2) is 41.3 Å². The van der Waals surface area contributed by atoms with Gasteiger partial charge in [0.1, 0.15) is 5.76 Å². The number of aromatic nitrogens is 1. The van der Waals surface area contributed by atoms with Gasteiger partial charge in [-0.3, -0.25) is 4.79 Å². The van der Waals surface area contributed by atoms with Gasteiger partial charge in [0, 0.05) is 25.0 Å². The highest BCUT2D eigenvalue weighted by Crippen LogP contribution is 2.14. The first kappa shape index (κ1) is 11.1. The van der Waals surface area contributed by atoms with Crippen LogP contribution in [-0.4, -0.2) is 16.1 Å². The highest BCUT2D eigenvalue weighted by atomic mass is 32.2. The predicted octanol–water partition coefficient (Wildman–Crippen LogP) is 2.73. The van der Waals surface area contributed by atoms with Crippen LogP contribution in [0.25, 0.3) is 0 Å². The second kappa shape index (κ2) is 5.07. The summed E-state index contributed by atoms with van der Waals surface area (Å²) in [6.07, 6.45) is 5.37. The van der Waals surface area contributed by atoms with Gasteiger partial charge in [-0.05, 0) is 18.2 Å². The number of hydrogen-bond acceptors (Lipinski definition) is 3. The molecule has 4 heteroatoms. The first-order chi connectivity index (χ1) is 7.75. The maximum Gasteiger partial charge on any atom is 0.174 e. The molecule has 0 unspecified atom stereocenters. The molecule has 2 aromatic heterocycles. The van der Waals surface area contributed by atoms with Gasteiger partial charge in [-0.1, -0.05) is 0 Å². The van der Waals surface area contributed by atoms with Crippen LogP contribution in [0, 0.1) is 0 Å². The number of Topliss-reactive ketones (excluding diaryl/α,β-unsaturated/α-hetero) is 1. The van der Waals surface area contributed by atoms with E-state index in [1.807, 2.05) is 42.2 Å². The molecule has 0 aliphatic rings. The van der Waals surface area contributed by atoms with E-state index in [1.165, 1.54) is 0 Å². The molecule has 2 rings (SSSR count). The molecule has 2 aromatic rings.